The highest BCUT2D eigenvalue weighted by Gasteiger charge is 2.36. The minimum absolute atomic E-state index is 0.0160. The second-order valence-electron chi connectivity index (χ2n) is 5.16. The largest absolute Gasteiger partial charge is 0.317 e. The lowest BCUT2D eigenvalue weighted by molar-refractivity contribution is -0.152. The normalized spacial score (nSPS) is 20.3. The third-order valence-corrected chi connectivity index (χ3v) is 2.85. The number of imide groups is 1. The second-order valence-corrected chi connectivity index (χ2v) is 5.16. The predicted octanol–water partition coefficient (Wildman–Crippen LogP) is 1.16. The van der Waals surface area contributed by atoms with E-state index in [4.69, 9.17) is 0 Å². The topological polar surface area (TPSA) is 49.4 Å². The average Bonchev–Trinajstić information content (AvgIpc) is 2.13. The maximum Gasteiger partial charge on any atom is 0.229 e. The molecule has 0 aromatic carbocycles. The van der Waals surface area contributed by atoms with Gasteiger partial charge in [0.15, 0.2) is 0 Å². The van der Waals surface area contributed by atoms with Gasteiger partial charge in [0.05, 0.1) is 0 Å². The Labute approximate surface area is 97.4 Å². The SMILES string of the molecule is CCNCCCN1C(=O)CC(C)(C)CC1=O. The third-order valence-electron chi connectivity index (χ3n) is 2.85. The lowest BCUT2D eigenvalue weighted by atomic mass is 9.82. The molecule has 1 heterocycles. The van der Waals surface area contributed by atoms with Crippen LogP contribution in [0.25, 0.3) is 0 Å². The summed E-state index contributed by atoms with van der Waals surface area (Å²) in [5.41, 5.74) is -0.160. The van der Waals surface area contributed by atoms with E-state index in [2.05, 4.69) is 5.32 Å². The summed E-state index contributed by atoms with van der Waals surface area (Å²) in [6.07, 6.45) is 1.81. The van der Waals surface area contributed by atoms with E-state index >= 15 is 0 Å². The highest BCUT2D eigenvalue weighted by molar-refractivity contribution is 5.98. The minimum atomic E-state index is -0.160. The molecule has 92 valence electrons. The fourth-order valence-electron chi connectivity index (χ4n) is 2.00. The van der Waals surface area contributed by atoms with Crippen LogP contribution in [0.3, 0.4) is 0 Å². The molecule has 0 bridgehead atoms. The van der Waals surface area contributed by atoms with Crippen LogP contribution in [-0.2, 0) is 9.59 Å². The summed E-state index contributed by atoms with van der Waals surface area (Å²) < 4.78 is 0. The van der Waals surface area contributed by atoms with Crippen LogP contribution in [0.15, 0.2) is 0 Å². The van der Waals surface area contributed by atoms with Crippen molar-refractivity contribution in [2.45, 2.75) is 40.0 Å². The molecule has 1 fully saturated rings. The van der Waals surface area contributed by atoms with Crippen LogP contribution >= 0.6 is 0 Å². The van der Waals surface area contributed by atoms with Gasteiger partial charge in [-0.25, -0.2) is 0 Å². The van der Waals surface area contributed by atoms with Gasteiger partial charge in [-0.05, 0) is 24.9 Å². The number of rotatable bonds is 5. The summed E-state index contributed by atoms with van der Waals surface area (Å²) in [4.78, 5) is 25.0. The highest BCUT2D eigenvalue weighted by atomic mass is 16.2. The molecule has 0 aromatic rings. The molecule has 1 N–H and O–H groups in total. The first-order valence-electron chi connectivity index (χ1n) is 6.00. The standard InChI is InChI=1S/C12H22N2O2/c1-4-13-6-5-7-14-10(15)8-12(2,3)9-11(14)16/h13H,4-9H2,1-3H3. The monoisotopic (exact) mass is 226 g/mol. The Kier molecular flexibility index (Phi) is 4.47. The number of carbonyl (C=O) groups is 2. The fourth-order valence-corrected chi connectivity index (χ4v) is 2.00. The van der Waals surface area contributed by atoms with Crippen LogP contribution in [0.2, 0.25) is 0 Å². The first-order chi connectivity index (χ1) is 7.46. The minimum Gasteiger partial charge on any atom is -0.317 e. The maximum atomic E-state index is 11.8. The fraction of sp³-hybridized carbons (Fsp3) is 0.833. The molecule has 0 saturated carbocycles. The van der Waals surface area contributed by atoms with Crippen molar-refractivity contribution >= 4 is 11.8 Å². The Hall–Kier alpha value is -0.900. The van der Waals surface area contributed by atoms with Crippen LogP contribution in [-0.4, -0.2) is 36.3 Å². The quantitative estimate of drug-likeness (QED) is 0.565. The summed E-state index contributed by atoms with van der Waals surface area (Å²) in [6, 6.07) is 0. The van der Waals surface area contributed by atoms with Crippen molar-refractivity contribution < 1.29 is 9.59 Å². The molecule has 1 rings (SSSR count). The number of piperidine rings is 1. The maximum absolute atomic E-state index is 11.8. The van der Waals surface area contributed by atoms with Gasteiger partial charge in [0.25, 0.3) is 0 Å². The van der Waals surface area contributed by atoms with E-state index in [1.807, 2.05) is 20.8 Å². The zero-order chi connectivity index (χ0) is 12.2. The number of amides is 2. The molecule has 0 atom stereocenters. The average molecular weight is 226 g/mol. The lowest BCUT2D eigenvalue weighted by Crippen LogP contribution is -2.46. The van der Waals surface area contributed by atoms with Gasteiger partial charge in [-0.1, -0.05) is 20.8 Å². The van der Waals surface area contributed by atoms with Gasteiger partial charge in [0.1, 0.15) is 0 Å². The van der Waals surface area contributed by atoms with Crippen molar-refractivity contribution in [3.05, 3.63) is 0 Å². The van der Waals surface area contributed by atoms with Gasteiger partial charge >= 0.3 is 0 Å². The van der Waals surface area contributed by atoms with E-state index in [1.54, 1.807) is 0 Å². The second kappa shape index (κ2) is 5.43. The Morgan fingerprint density at radius 3 is 2.31 bits per heavy atom. The van der Waals surface area contributed by atoms with Crippen molar-refractivity contribution in [1.29, 1.82) is 0 Å². The van der Waals surface area contributed by atoms with Gasteiger partial charge in [0.2, 0.25) is 11.8 Å². The van der Waals surface area contributed by atoms with Gasteiger partial charge in [-0.2, -0.15) is 0 Å². The first kappa shape index (κ1) is 13.2. The molecule has 0 aliphatic carbocycles. The van der Waals surface area contributed by atoms with Gasteiger partial charge in [-0.3, -0.25) is 14.5 Å². The predicted molar refractivity (Wildman–Crippen MR) is 62.9 cm³/mol. The van der Waals surface area contributed by atoms with Crippen LogP contribution in [0.1, 0.15) is 40.0 Å². The van der Waals surface area contributed by atoms with E-state index in [1.165, 1.54) is 4.90 Å². The molecule has 0 spiro atoms. The third kappa shape index (κ3) is 3.59. The van der Waals surface area contributed by atoms with Gasteiger partial charge in [0, 0.05) is 19.4 Å². The van der Waals surface area contributed by atoms with E-state index in [9.17, 15) is 9.59 Å². The van der Waals surface area contributed by atoms with Crippen molar-refractivity contribution in [2.75, 3.05) is 19.6 Å². The molecular weight excluding hydrogens is 204 g/mol. The van der Waals surface area contributed by atoms with Gasteiger partial charge < -0.3 is 5.32 Å². The summed E-state index contributed by atoms with van der Waals surface area (Å²) >= 11 is 0. The van der Waals surface area contributed by atoms with Crippen LogP contribution in [0.5, 0.6) is 0 Å². The van der Waals surface area contributed by atoms with Crippen LogP contribution in [0.4, 0.5) is 0 Å². The molecule has 0 radical (unpaired) electrons. The Balaban J connectivity index is 2.42. The number of likely N-dealkylation sites (tertiary alicyclic amines) is 1. The summed E-state index contributed by atoms with van der Waals surface area (Å²) in [5, 5.41) is 3.18. The smallest absolute Gasteiger partial charge is 0.229 e. The number of nitrogens with zero attached hydrogens (tertiary/aromatic N) is 1. The molecule has 0 aromatic heterocycles. The molecule has 1 aliphatic heterocycles. The van der Waals surface area contributed by atoms with E-state index in [-0.39, 0.29) is 17.2 Å². The number of nitrogens with one attached hydrogen (secondary N) is 1. The molecule has 1 aliphatic rings. The molecule has 0 unspecified atom stereocenters. The van der Waals surface area contributed by atoms with Crippen molar-refractivity contribution in [3.8, 4) is 0 Å². The van der Waals surface area contributed by atoms with Crippen LogP contribution in [0, 0.1) is 5.41 Å². The summed E-state index contributed by atoms with van der Waals surface area (Å²) in [5.74, 6) is -0.0319. The molecule has 16 heavy (non-hydrogen) atoms. The Bertz CT molecular complexity index is 254. The number of hydrogen-bond donors (Lipinski definition) is 1. The summed E-state index contributed by atoms with van der Waals surface area (Å²) in [7, 11) is 0. The zero-order valence-electron chi connectivity index (χ0n) is 10.5. The molecular formula is C12H22N2O2. The van der Waals surface area contributed by atoms with Crippen molar-refractivity contribution in [3.63, 3.8) is 0 Å². The Morgan fingerprint density at radius 1 is 1.25 bits per heavy atom. The van der Waals surface area contributed by atoms with E-state index in [0.717, 1.165) is 19.5 Å². The Morgan fingerprint density at radius 2 is 1.81 bits per heavy atom. The molecule has 4 nitrogen and oxygen atoms in total. The van der Waals surface area contributed by atoms with Crippen molar-refractivity contribution in [1.82, 2.24) is 10.2 Å². The molecule has 4 heteroatoms. The summed E-state index contributed by atoms with van der Waals surface area (Å²) in [6.45, 7) is 8.32. The zero-order valence-corrected chi connectivity index (χ0v) is 10.5. The number of carbonyl (C=O) groups excluding carboxylic acids is 2. The van der Waals surface area contributed by atoms with Crippen LogP contribution < -0.4 is 5.32 Å². The highest BCUT2D eigenvalue weighted by Crippen LogP contribution is 2.31. The van der Waals surface area contributed by atoms with Gasteiger partial charge in [-0.15, -0.1) is 0 Å². The van der Waals surface area contributed by atoms with Crippen molar-refractivity contribution in [2.24, 2.45) is 5.41 Å². The first-order valence-corrected chi connectivity index (χ1v) is 6.00. The van der Waals surface area contributed by atoms with E-state index in [0.29, 0.717) is 19.4 Å². The lowest BCUT2D eigenvalue weighted by Gasteiger charge is -2.34. The molecule has 2 amide bonds. The van der Waals surface area contributed by atoms with E-state index < -0.39 is 0 Å². The number of hydrogen-bond acceptors (Lipinski definition) is 3. The molecule has 1 saturated heterocycles.